The van der Waals surface area contributed by atoms with E-state index in [1.165, 1.54) is 11.8 Å². The van der Waals surface area contributed by atoms with Crippen molar-refractivity contribution >= 4 is 6.21 Å². The first-order valence-electron chi connectivity index (χ1n) is 6.91. The Morgan fingerprint density at radius 1 is 1.05 bits per heavy atom. The summed E-state index contributed by atoms with van der Waals surface area (Å²) in [5, 5.41) is 11.7. The summed E-state index contributed by atoms with van der Waals surface area (Å²) in [6.45, 7) is 2.77. The van der Waals surface area contributed by atoms with Crippen molar-refractivity contribution in [2.75, 3.05) is 20.3 Å². The maximum Gasteiger partial charge on any atom is 0.170 e. The molecule has 0 bridgehead atoms. The number of methoxy groups -OCH3 is 1. The van der Waals surface area contributed by atoms with E-state index in [4.69, 9.17) is 19.4 Å². The normalized spacial score (nSPS) is 10.6. The minimum Gasteiger partial charge on any atom is -0.493 e. The molecule has 0 amide bonds. The second kappa shape index (κ2) is 7.93. The maximum absolute atomic E-state index is 8.70. The lowest BCUT2D eigenvalue weighted by molar-refractivity contribution is 0.211. The van der Waals surface area contributed by atoms with E-state index in [0.717, 1.165) is 5.75 Å². The summed E-state index contributed by atoms with van der Waals surface area (Å²) in [6.07, 6.45) is 1.30. The van der Waals surface area contributed by atoms with Crippen LogP contribution >= 0.6 is 0 Å². The number of aryl methyl sites for hydroxylation is 1. The van der Waals surface area contributed by atoms with E-state index >= 15 is 0 Å². The molecule has 5 heteroatoms. The van der Waals surface area contributed by atoms with E-state index in [-0.39, 0.29) is 0 Å². The van der Waals surface area contributed by atoms with Gasteiger partial charge in [-0.05, 0) is 31.2 Å². The Labute approximate surface area is 129 Å². The van der Waals surface area contributed by atoms with Crippen LogP contribution in [0.25, 0.3) is 0 Å². The summed E-state index contributed by atoms with van der Waals surface area (Å²) >= 11 is 0. The van der Waals surface area contributed by atoms with E-state index in [2.05, 4.69) is 5.16 Å². The van der Waals surface area contributed by atoms with E-state index < -0.39 is 0 Å². The van der Waals surface area contributed by atoms with Crippen molar-refractivity contribution in [3.8, 4) is 17.2 Å². The van der Waals surface area contributed by atoms with Crippen molar-refractivity contribution in [2.45, 2.75) is 6.92 Å². The summed E-state index contributed by atoms with van der Waals surface area (Å²) < 4.78 is 16.6. The van der Waals surface area contributed by atoms with Crippen LogP contribution in [0.2, 0.25) is 0 Å². The number of para-hydroxylation sites is 1. The largest absolute Gasteiger partial charge is 0.493 e. The van der Waals surface area contributed by atoms with Gasteiger partial charge in [0.05, 0.1) is 13.3 Å². The minimum atomic E-state index is 0.348. The smallest absolute Gasteiger partial charge is 0.170 e. The molecule has 0 heterocycles. The third-order valence-corrected chi connectivity index (χ3v) is 3.05. The molecule has 0 unspecified atom stereocenters. The molecule has 0 aliphatic heterocycles. The first kappa shape index (κ1) is 15.7. The number of nitrogens with zero attached hydrogens (tertiary/aromatic N) is 1. The second-order valence-electron chi connectivity index (χ2n) is 4.63. The van der Waals surface area contributed by atoms with Gasteiger partial charge in [0.1, 0.15) is 19.0 Å². The van der Waals surface area contributed by atoms with Gasteiger partial charge in [0.2, 0.25) is 0 Å². The van der Waals surface area contributed by atoms with Gasteiger partial charge in [-0.1, -0.05) is 28.9 Å². The van der Waals surface area contributed by atoms with Crippen molar-refractivity contribution in [1.82, 2.24) is 0 Å². The van der Waals surface area contributed by atoms with Crippen LogP contribution < -0.4 is 14.2 Å². The van der Waals surface area contributed by atoms with Gasteiger partial charge in [0.15, 0.2) is 11.5 Å². The molecule has 0 spiro atoms. The summed E-state index contributed by atoms with van der Waals surface area (Å²) in [7, 11) is 1.56. The fourth-order valence-electron chi connectivity index (χ4n) is 1.95. The predicted octanol–water partition coefficient (Wildman–Crippen LogP) is 3.27. The molecule has 1 N–H and O–H groups in total. The average molecular weight is 301 g/mol. The van der Waals surface area contributed by atoms with Crippen LogP contribution in [0.4, 0.5) is 0 Å². The Bertz CT molecular complexity index is 623. The molecule has 0 saturated heterocycles. The number of benzene rings is 2. The Hall–Kier alpha value is -2.69. The van der Waals surface area contributed by atoms with Gasteiger partial charge >= 0.3 is 0 Å². The van der Waals surface area contributed by atoms with Gasteiger partial charge < -0.3 is 19.4 Å². The number of ether oxygens (including phenoxy) is 3. The lowest BCUT2D eigenvalue weighted by Crippen LogP contribution is -2.10. The zero-order valence-corrected chi connectivity index (χ0v) is 12.7. The molecule has 22 heavy (non-hydrogen) atoms. The van der Waals surface area contributed by atoms with Crippen molar-refractivity contribution < 1.29 is 19.4 Å². The molecular formula is C17H19NO4. The Kier molecular flexibility index (Phi) is 5.65. The van der Waals surface area contributed by atoms with Crippen LogP contribution in [0.1, 0.15) is 11.1 Å². The van der Waals surface area contributed by atoms with Crippen molar-refractivity contribution in [1.29, 1.82) is 0 Å². The Balaban J connectivity index is 1.94. The van der Waals surface area contributed by atoms with E-state index in [1.807, 2.05) is 31.2 Å². The fraction of sp³-hybridized carbons (Fsp3) is 0.235. The van der Waals surface area contributed by atoms with Crippen molar-refractivity contribution in [2.24, 2.45) is 5.16 Å². The molecule has 2 rings (SSSR count). The van der Waals surface area contributed by atoms with E-state index in [0.29, 0.717) is 30.3 Å². The highest BCUT2D eigenvalue weighted by atomic mass is 16.5. The lowest BCUT2D eigenvalue weighted by Gasteiger charge is -2.13. The Morgan fingerprint density at radius 3 is 2.45 bits per heavy atom. The van der Waals surface area contributed by atoms with Gasteiger partial charge in [-0.25, -0.2) is 0 Å². The SMILES string of the molecule is COc1cccc(C=NO)c1OCCOc1ccc(C)cc1. The van der Waals surface area contributed by atoms with Gasteiger partial charge in [-0.15, -0.1) is 0 Å². The number of oxime groups is 1. The molecule has 2 aromatic rings. The number of rotatable bonds is 7. The van der Waals surface area contributed by atoms with Crippen LogP contribution in [-0.4, -0.2) is 31.7 Å². The van der Waals surface area contributed by atoms with Gasteiger partial charge in [0.25, 0.3) is 0 Å². The van der Waals surface area contributed by atoms with E-state index in [1.54, 1.807) is 25.3 Å². The van der Waals surface area contributed by atoms with Crippen LogP contribution in [0, 0.1) is 6.92 Å². The third kappa shape index (κ3) is 4.15. The molecule has 0 aliphatic rings. The highest BCUT2D eigenvalue weighted by Gasteiger charge is 2.09. The second-order valence-corrected chi connectivity index (χ2v) is 4.63. The molecule has 0 fully saturated rings. The number of hydrogen-bond donors (Lipinski definition) is 1. The van der Waals surface area contributed by atoms with E-state index in [9.17, 15) is 0 Å². The summed E-state index contributed by atoms with van der Waals surface area (Å²) in [5.74, 6) is 1.90. The summed E-state index contributed by atoms with van der Waals surface area (Å²) in [6, 6.07) is 13.2. The average Bonchev–Trinajstić information content (AvgIpc) is 2.54. The lowest BCUT2D eigenvalue weighted by atomic mass is 10.2. The van der Waals surface area contributed by atoms with Crippen LogP contribution in [-0.2, 0) is 0 Å². The van der Waals surface area contributed by atoms with Crippen molar-refractivity contribution in [3.05, 3.63) is 53.6 Å². The van der Waals surface area contributed by atoms with Crippen LogP contribution in [0.15, 0.2) is 47.6 Å². The molecule has 0 saturated carbocycles. The summed E-state index contributed by atoms with van der Waals surface area (Å²) in [4.78, 5) is 0. The van der Waals surface area contributed by atoms with Crippen LogP contribution in [0.3, 0.4) is 0 Å². The van der Waals surface area contributed by atoms with Gasteiger partial charge in [0, 0.05) is 5.56 Å². The number of hydrogen-bond acceptors (Lipinski definition) is 5. The molecule has 116 valence electrons. The molecule has 0 radical (unpaired) electrons. The molecule has 0 atom stereocenters. The molecule has 5 nitrogen and oxygen atoms in total. The third-order valence-electron chi connectivity index (χ3n) is 3.05. The predicted molar refractivity (Wildman–Crippen MR) is 84.5 cm³/mol. The van der Waals surface area contributed by atoms with Crippen molar-refractivity contribution in [3.63, 3.8) is 0 Å². The summed E-state index contributed by atoms with van der Waals surface area (Å²) in [5.41, 5.74) is 1.82. The zero-order chi connectivity index (χ0) is 15.8. The first-order valence-corrected chi connectivity index (χ1v) is 6.91. The van der Waals surface area contributed by atoms with Crippen LogP contribution in [0.5, 0.6) is 17.2 Å². The molecule has 2 aromatic carbocycles. The highest BCUT2D eigenvalue weighted by molar-refractivity contribution is 5.84. The minimum absolute atomic E-state index is 0.348. The topological polar surface area (TPSA) is 60.3 Å². The Morgan fingerprint density at radius 2 is 1.77 bits per heavy atom. The van der Waals surface area contributed by atoms with Gasteiger partial charge in [-0.3, -0.25) is 0 Å². The monoisotopic (exact) mass is 301 g/mol. The quantitative estimate of drug-likeness (QED) is 0.369. The maximum atomic E-state index is 8.70. The fourth-order valence-corrected chi connectivity index (χ4v) is 1.95. The molecular weight excluding hydrogens is 282 g/mol. The zero-order valence-electron chi connectivity index (χ0n) is 12.7. The molecule has 0 aromatic heterocycles. The molecule has 0 aliphatic carbocycles. The highest BCUT2D eigenvalue weighted by Crippen LogP contribution is 2.30. The van der Waals surface area contributed by atoms with Gasteiger partial charge in [-0.2, -0.15) is 0 Å². The first-order chi connectivity index (χ1) is 10.7. The standard InChI is InChI=1S/C17H19NO4/c1-13-6-8-15(9-7-13)21-10-11-22-17-14(12-18-19)4-3-5-16(17)20-2/h3-9,12,19H,10-11H2,1-2H3.